The number of rotatable bonds is 5. The van der Waals surface area contributed by atoms with Crippen molar-refractivity contribution in [2.45, 2.75) is 18.6 Å². The van der Waals surface area contributed by atoms with Gasteiger partial charge < -0.3 is 15.1 Å². The molecule has 1 atom stereocenters. The van der Waals surface area contributed by atoms with Gasteiger partial charge >= 0.3 is 6.18 Å². The average Bonchev–Trinajstić information content (AvgIpc) is 3.14. The van der Waals surface area contributed by atoms with Crippen LogP contribution in [0.5, 0.6) is 0 Å². The van der Waals surface area contributed by atoms with Gasteiger partial charge in [0.1, 0.15) is 5.58 Å². The number of halogens is 3. The quantitative estimate of drug-likeness (QED) is 0.497. The van der Waals surface area contributed by atoms with E-state index in [1.54, 1.807) is 0 Å². The molecule has 30 heavy (non-hydrogen) atoms. The summed E-state index contributed by atoms with van der Waals surface area (Å²) in [6, 6.07) is 12.2. The number of benzene rings is 2. The van der Waals surface area contributed by atoms with Gasteiger partial charge in [0.2, 0.25) is 0 Å². The van der Waals surface area contributed by atoms with E-state index in [1.807, 2.05) is 49.3 Å². The molecule has 8 heteroatoms. The molecule has 0 saturated heterocycles. The van der Waals surface area contributed by atoms with Crippen LogP contribution in [0.25, 0.3) is 33.5 Å². The summed E-state index contributed by atoms with van der Waals surface area (Å²) in [5.41, 5.74) is 7.06. The minimum absolute atomic E-state index is 0.300. The van der Waals surface area contributed by atoms with Crippen LogP contribution in [-0.2, 0) is 6.18 Å². The molecule has 0 radical (unpaired) electrons. The summed E-state index contributed by atoms with van der Waals surface area (Å²) in [4.78, 5) is 11.0. The van der Waals surface area contributed by atoms with E-state index in [0.717, 1.165) is 17.5 Å². The van der Waals surface area contributed by atoms with Gasteiger partial charge in [-0.15, -0.1) is 0 Å². The highest BCUT2D eigenvalue weighted by atomic mass is 19.4. The summed E-state index contributed by atoms with van der Waals surface area (Å²) in [5.74, 6) is 0.743. The molecule has 0 bridgehead atoms. The van der Waals surface area contributed by atoms with Crippen molar-refractivity contribution in [3.8, 4) is 11.6 Å². The molecule has 0 saturated carbocycles. The number of aromatic nitrogens is 2. The average molecular weight is 414 g/mol. The van der Waals surface area contributed by atoms with Crippen LogP contribution >= 0.6 is 0 Å². The first-order valence-corrected chi connectivity index (χ1v) is 9.50. The Morgan fingerprint density at radius 3 is 2.53 bits per heavy atom. The summed E-state index contributed by atoms with van der Waals surface area (Å²) >= 11 is 0. The summed E-state index contributed by atoms with van der Waals surface area (Å²) in [6.45, 7) is 0.672. The SMILES string of the molecule is CN(C)CCC(N)c1nc(-c2cc3ccccc3o2)nc2ccc(C(F)(F)F)cc12. The number of alkyl halides is 3. The number of hydrogen-bond acceptors (Lipinski definition) is 5. The molecule has 0 amide bonds. The van der Waals surface area contributed by atoms with Crippen molar-refractivity contribution in [2.24, 2.45) is 5.73 Å². The van der Waals surface area contributed by atoms with E-state index in [0.29, 0.717) is 46.7 Å². The highest BCUT2D eigenvalue weighted by molar-refractivity contribution is 5.86. The van der Waals surface area contributed by atoms with Crippen LogP contribution < -0.4 is 5.73 Å². The van der Waals surface area contributed by atoms with Gasteiger partial charge in [-0.3, -0.25) is 0 Å². The van der Waals surface area contributed by atoms with E-state index in [2.05, 4.69) is 9.97 Å². The number of fused-ring (bicyclic) bond motifs is 2. The van der Waals surface area contributed by atoms with Crippen LogP contribution in [0.3, 0.4) is 0 Å². The van der Waals surface area contributed by atoms with Gasteiger partial charge in [0.25, 0.3) is 0 Å². The maximum absolute atomic E-state index is 13.3. The first kappa shape index (κ1) is 20.3. The molecule has 2 heterocycles. The molecule has 2 N–H and O–H groups in total. The smallest absolute Gasteiger partial charge is 0.416 e. The van der Waals surface area contributed by atoms with Crippen LogP contribution in [-0.4, -0.2) is 35.5 Å². The minimum atomic E-state index is -4.46. The molecule has 0 spiro atoms. The molecular weight excluding hydrogens is 393 g/mol. The lowest BCUT2D eigenvalue weighted by Crippen LogP contribution is -2.21. The highest BCUT2D eigenvalue weighted by Crippen LogP contribution is 2.34. The van der Waals surface area contributed by atoms with E-state index in [9.17, 15) is 13.2 Å². The number of hydrogen-bond donors (Lipinski definition) is 1. The third kappa shape index (κ3) is 4.01. The van der Waals surface area contributed by atoms with Crippen LogP contribution in [0.2, 0.25) is 0 Å². The second-order valence-corrected chi connectivity index (χ2v) is 7.51. The van der Waals surface area contributed by atoms with Crippen molar-refractivity contribution in [3.05, 3.63) is 59.8 Å². The fourth-order valence-electron chi connectivity index (χ4n) is 3.35. The zero-order chi connectivity index (χ0) is 21.5. The number of furan rings is 1. The summed E-state index contributed by atoms with van der Waals surface area (Å²) in [5, 5.41) is 1.19. The Kier molecular flexibility index (Phi) is 5.21. The first-order valence-electron chi connectivity index (χ1n) is 9.50. The number of nitrogens with zero attached hydrogens (tertiary/aromatic N) is 3. The summed E-state index contributed by atoms with van der Waals surface area (Å²) in [7, 11) is 3.82. The van der Waals surface area contributed by atoms with Crippen LogP contribution in [0.1, 0.15) is 23.7 Å². The van der Waals surface area contributed by atoms with Crippen LogP contribution in [0.15, 0.2) is 52.9 Å². The zero-order valence-electron chi connectivity index (χ0n) is 16.6. The van der Waals surface area contributed by atoms with Crippen molar-refractivity contribution in [1.82, 2.24) is 14.9 Å². The topological polar surface area (TPSA) is 68.2 Å². The van der Waals surface area contributed by atoms with Crippen molar-refractivity contribution < 1.29 is 17.6 Å². The summed E-state index contributed by atoms with van der Waals surface area (Å²) < 4.78 is 45.7. The normalized spacial score (nSPS) is 13.4. The van der Waals surface area contributed by atoms with E-state index in [-0.39, 0.29) is 0 Å². The zero-order valence-corrected chi connectivity index (χ0v) is 16.6. The maximum Gasteiger partial charge on any atom is 0.416 e. The molecule has 4 aromatic rings. The maximum atomic E-state index is 13.3. The molecule has 156 valence electrons. The fourth-order valence-corrected chi connectivity index (χ4v) is 3.35. The highest BCUT2D eigenvalue weighted by Gasteiger charge is 2.31. The van der Waals surface area contributed by atoms with Crippen molar-refractivity contribution in [1.29, 1.82) is 0 Å². The Bertz CT molecular complexity index is 1170. The molecule has 4 rings (SSSR count). The third-order valence-electron chi connectivity index (χ3n) is 4.94. The lowest BCUT2D eigenvalue weighted by atomic mass is 10.0. The molecule has 0 fully saturated rings. The lowest BCUT2D eigenvalue weighted by molar-refractivity contribution is -0.137. The van der Waals surface area contributed by atoms with Crippen molar-refractivity contribution in [2.75, 3.05) is 20.6 Å². The molecule has 0 aliphatic heterocycles. The minimum Gasteiger partial charge on any atom is -0.453 e. The largest absolute Gasteiger partial charge is 0.453 e. The van der Waals surface area contributed by atoms with E-state index in [1.165, 1.54) is 6.07 Å². The van der Waals surface area contributed by atoms with Crippen molar-refractivity contribution >= 4 is 21.9 Å². The second kappa shape index (κ2) is 7.70. The number of para-hydroxylation sites is 1. The Morgan fingerprint density at radius 2 is 1.83 bits per heavy atom. The van der Waals surface area contributed by atoms with Gasteiger partial charge in [0.15, 0.2) is 11.6 Å². The fraction of sp³-hybridized carbons (Fsp3) is 0.273. The van der Waals surface area contributed by atoms with Gasteiger partial charge in [-0.25, -0.2) is 9.97 Å². The molecule has 2 aromatic carbocycles. The Balaban J connectivity index is 1.88. The van der Waals surface area contributed by atoms with Crippen LogP contribution in [0.4, 0.5) is 13.2 Å². The van der Waals surface area contributed by atoms with E-state index in [4.69, 9.17) is 10.2 Å². The van der Waals surface area contributed by atoms with Gasteiger partial charge in [-0.2, -0.15) is 13.2 Å². The predicted molar refractivity (Wildman–Crippen MR) is 110 cm³/mol. The van der Waals surface area contributed by atoms with Gasteiger partial charge in [0.05, 0.1) is 16.8 Å². The Morgan fingerprint density at radius 1 is 1.07 bits per heavy atom. The molecule has 0 aliphatic carbocycles. The standard InChI is InChI=1S/C22H21F3N4O/c1-29(2)10-9-16(26)20-15-12-14(22(23,24)25)7-8-17(15)27-21(28-20)19-11-13-5-3-4-6-18(13)30-19/h3-8,11-12,16H,9-10,26H2,1-2H3. The summed E-state index contributed by atoms with van der Waals surface area (Å²) in [6.07, 6.45) is -3.93. The Hall–Kier alpha value is -2.97. The molecule has 0 aliphatic rings. The third-order valence-corrected chi connectivity index (χ3v) is 4.94. The van der Waals surface area contributed by atoms with E-state index < -0.39 is 17.8 Å². The second-order valence-electron chi connectivity index (χ2n) is 7.51. The molecular formula is C22H21F3N4O. The first-order chi connectivity index (χ1) is 14.2. The van der Waals surface area contributed by atoms with E-state index >= 15 is 0 Å². The molecule has 1 unspecified atom stereocenters. The predicted octanol–water partition coefficient (Wildman–Crippen LogP) is 5.01. The van der Waals surface area contributed by atoms with Gasteiger partial charge in [0, 0.05) is 16.8 Å². The van der Waals surface area contributed by atoms with Gasteiger partial charge in [-0.05, 0) is 57.4 Å². The molecule has 5 nitrogen and oxygen atoms in total. The van der Waals surface area contributed by atoms with Gasteiger partial charge in [-0.1, -0.05) is 18.2 Å². The monoisotopic (exact) mass is 414 g/mol. The lowest BCUT2D eigenvalue weighted by Gasteiger charge is -2.18. The molecule has 2 aromatic heterocycles. The Labute approximate surface area is 171 Å². The number of nitrogens with two attached hydrogens (primary N) is 1. The van der Waals surface area contributed by atoms with Crippen LogP contribution in [0, 0.1) is 0 Å². The van der Waals surface area contributed by atoms with Crippen molar-refractivity contribution in [3.63, 3.8) is 0 Å².